The molecule has 0 bridgehead atoms. The van der Waals surface area contributed by atoms with Crippen LogP contribution < -0.4 is 0 Å². The molecule has 0 saturated carbocycles. The third kappa shape index (κ3) is 4.63. The first-order chi connectivity index (χ1) is 24.8. The Morgan fingerprint density at radius 1 is 0.300 bits per heavy atom. The molecule has 0 fully saturated rings. The molecule has 0 unspecified atom stereocenters. The summed E-state index contributed by atoms with van der Waals surface area (Å²) < 4.78 is 0. The topological polar surface area (TPSA) is 38.7 Å². The third-order valence-corrected chi connectivity index (χ3v) is 9.83. The van der Waals surface area contributed by atoms with Gasteiger partial charge < -0.3 is 0 Å². The molecular formula is C47H29N3. The average molecular weight is 636 g/mol. The number of para-hydroxylation sites is 2. The van der Waals surface area contributed by atoms with E-state index in [4.69, 9.17) is 15.0 Å². The predicted molar refractivity (Wildman–Crippen MR) is 209 cm³/mol. The molecule has 0 atom stereocenters. The lowest BCUT2D eigenvalue weighted by Crippen LogP contribution is -1.95. The van der Waals surface area contributed by atoms with Gasteiger partial charge in [-0.25, -0.2) is 15.0 Å². The van der Waals surface area contributed by atoms with E-state index in [0.29, 0.717) is 0 Å². The van der Waals surface area contributed by atoms with E-state index in [0.717, 1.165) is 66.7 Å². The smallest absolute Gasteiger partial charge is 0.160 e. The quantitative estimate of drug-likeness (QED) is 0.181. The summed E-state index contributed by atoms with van der Waals surface area (Å²) in [6.07, 6.45) is 0. The average Bonchev–Trinajstić information content (AvgIpc) is 3.20. The highest BCUT2D eigenvalue weighted by Gasteiger charge is 2.18. The minimum Gasteiger partial charge on any atom is -0.247 e. The second-order valence-corrected chi connectivity index (χ2v) is 12.8. The number of nitrogens with zero attached hydrogens (tertiary/aromatic N) is 3. The van der Waals surface area contributed by atoms with Crippen LogP contribution in [-0.2, 0) is 0 Å². The summed E-state index contributed by atoms with van der Waals surface area (Å²) in [4.78, 5) is 15.3. The molecule has 10 aromatic rings. The van der Waals surface area contributed by atoms with Crippen LogP contribution in [0.2, 0.25) is 0 Å². The Morgan fingerprint density at radius 2 is 0.880 bits per heavy atom. The van der Waals surface area contributed by atoms with Crippen molar-refractivity contribution in [3.8, 4) is 45.0 Å². The Balaban J connectivity index is 1.19. The van der Waals surface area contributed by atoms with Crippen LogP contribution >= 0.6 is 0 Å². The van der Waals surface area contributed by atoms with Crippen molar-refractivity contribution >= 4 is 54.1 Å². The van der Waals surface area contributed by atoms with E-state index >= 15 is 0 Å². The van der Waals surface area contributed by atoms with Crippen molar-refractivity contribution in [2.24, 2.45) is 0 Å². The van der Waals surface area contributed by atoms with E-state index in [1.54, 1.807) is 0 Å². The molecule has 0 N–H and O–H groups in total. The van der Waals surface area contributed by atoms with Crippen LogP contribution in [0.4, 0.5) is 0 Å². The van der Waals surface area contributed by atoms with Crippen LogP contribution in [-0.4, -0.2) is 15.0 Å². The first-order valence-electron chi connectivity index (χ1n) is 16.9. The van der Waals surface area contributed by atoms with Crippen molar-refractivity contribution in [2.45, 2.75) is 0 Å². The molecule has 0 spiro atoms. The van der Waals surface area contributed by atoms with Gasteiger partial charge in [0.15, 0.2) is 5.82 Å². The Kier molecular flexibility index (Phi) is 6.49. The molecule has 8 aromatic carbocycles. The fourth-order valence-electron chi connectivity index (χ4n) is 7.43. The molecular weight excluding hydrogens is 607 g/mol. The Labute approximate surface area is 289 Å². The largest absolute Gasteiger partial charge is 0.247 e. The van der Waals surface area contributed by atoms with E-state index in [1.807, 2.05) is 24.3 Å². The van der Waals surface area contributed by atoms with Crippen LogP contribution in [0.25, 0.3) is 99.2 Å². The van der Waals surface area contributed by atoms with E-state index in [9.17, 15) is 0 Å². The van der Waals surface area contributed by atoms with Crippen molar-refractivity contribution in [3.05, 3.63) is 176 Å². The highest BCUT2D eigenvalue weighted by molar-refractivity contribution is 6.25. The minimum absolute atomic E-state index is 0.727. The molecule has 0 aliphatic rings. The van der Waals surface area contributed by atoms with Gasteiger partial charge in [-0.2, -0.15) is 0 Å². The first kappa shape index (κ1) is 28.3. The molecule has 2 heterocycles. The highest BCUT2D eigenvalue weighted by Crippen LogP contribution is 2.42. The Bertz CT molecular complexity index is 2910. The van der Waals surface area contributed by atoms with Crippen molar-refractivity contribution in [1.82, 2.24) is 15.0 Å². The monoisotopic (exact) mass is 635 g/mol. The highest BCUT2D eigenvalue weighted by atomic mass is 14.9. The number of aromatic nitrogens is 3. The summed E-state index contributed by atoms with van der Waals surface area (Å²) >= 11 is 0. The predicted octanol–water partition coefficient (Wildman–Crippen LogP) is 12.3. The van der Waals surface area contributed by atoms with Crippen molar-refractivity contribution in [1.29, 1.82) is 0 Å². The van der Waals surface area contributed by atoms with Gasteiger partial charge >= 0.3 is 0 Å². The van der Waals surface area contributed by atoms with E-state index in [-0.39, 0.29) is 0 Å². The number of benzene rings is 8. The second kappa shape index (κ2) is 11.5. The fraction of sp³-hybridized carbons (Fsp3) is 0. The minimum atomic E-state index is 0.727. The second-order valence-electron chi connectivity index (χ2n) is 12.8. The van der Waals surface area contributed by atoms with Gasteiger partial charge in [0.25, 0.3) is 0 Å². The summed E-state index contributed by atoms with van der Waals surface area (Å²) in [5.41, 5.74) is 9.34. The van der Waals surface area contributed by atoms with Crippen LogP contribution in [0.3, 0.4) is 0 Å². The summed E-state index contributed by atoms with van der Waals surface area (Å²) in [6.45, 7) is 0. The van der Waals surface area contributed by atoms with Crippen molar-refractivity contribution in [2.75, 3.05) is 0 Å². The summed E-state index contributed by atoms with van der Waals surface area (Å²) in [5.74, 6) is 0.727. The molecule has 0 radical (unpaired) electrons. The lowest BCUT2D eigenvalue weighted by molar-refractivity contribution is 1.23. The number of pyridine rings is 1. The molecule has 0 aliphatic carbocycles. The zero-order valence-electron chi connectivity index (χ0n) is 27.1. The summed E-state index contributed by atoms with van der Waals surface area (Å²) in [6, 6.07) is 62.1. The van der Waals surface area contributed by atoms with E-state index in [1.165, 1.54) is 32.5 Å². The van der Waals surface area contributed by atoms with Crippen LogP contribution in [0.5, 0.6) is 0 Å². The number of fused-ring (bicyclic) bond motifs is 7. The van der Waals surface area contributed by atoms with Crippen molar-refractivity contribution in [3.63, 3.8) is 0 Å². The Hall–Kier alpha value is -6.71. The zero-order chi connectivity index (χ0) is 33.0. The molecule has 3 heteroatoms. The number of rotatable bonds is 4. The van der Waals surface area contributed by atoms with E-state index in [2.05, 4.69) is 152 Å². The van der Waals surface area contributed by atoms with Gasteiger partial charge in [0.2, 0.25) is 0 Å². The SMILES string of the molecule is c1ccc(-c2nc(-c3ccc(-c4cc5c(-c6ccc7ccccc7c6)nc6ccccc6c5c5ccccc45)cc3)c3ccccc3n2)cc1. The summed E-state index contributed by atoms with van der Waals surface area (Å²) in [5, 5.41) is 9.44. The zero-order valence-corrected chi connectivity index (χ0v) is 27.1. The molecule has 232 valence electrons. The summed E-state index contributed by atoms with van der Waals surface area (Å²) in [7, 11) is 0. The molecule has 2 aromatic heterocycles. The third-order valence-electron chi connectivity index (χ3n) is 9.83. The Morgan fingerprint density at radius 3 is 1.68 bits per heavy atom. The number of hydrogen-bond donors (Lipinski definition) is 0. The maximum atomic E-state index is 5.32. The van der Waals surface area contributed by atoms with E-state index < -0.39 is 0 Å². The van der Waals surface area contributed by atoms with Crippen LogP contribution in [0.1, 0.15) is 0 Å². The lowest BCUT2D eigenvalue weighted by Gasteiger charge is -2.17. The molecule has 3 nitrogen and oxygen atoms in total. The van der Waals surface area contributed by atoms with Gasteiger partial charge in [-0.1, -0.05) is 152 Å². The van der Waals surface area contributed by atoms with Crippen molar-refractivity contribution < 1.29 is 0 Å². The maximum absolute atomic E-state index is 5.32. The van der Waals surface area contributed by atoms with Gasteiger partial charge in [-0.15, -0.1) is 0 Å². The lowest BCUT2D eigenvalue weighted by atomic mass is 9.89. The fourth-order valence-corrected chi connectivity index (χ4v) is 7.43. The molecule has 50 heavy (non-hydrogen) atoms. The van der Waals surface area contributed by atoms with Crippen LogP contribution in [0, 0.1) is 0 Å². The van der Waals surface area contributed by atoms with Gasteiger partial charge in [0, 0.05) is 38.2 Å². The molecule has 0 aliphatic heterocycles. The molecule has 0 amide bonds. The van der Waals surface area contributed by atoms with Crippen LogP contribution in [0.15, 0.2) is 176 Å². The van der Waals surface area contributed by atoms with Gasteiger partial charge in [-0.3, -0.25) is 0 Å². The molecule has 10 rings (SSSR count). The maximum Gasteiger partial charge on any atom is 0.160 e. The van der Waals surface area contributed by atoms with Gasteiger partial charge in [-0.05, 0) is 56.9 Å². The van der Waals surface area contributed by atoms with Gasteiger partial charge in [0.05, 0.1) is 22.4 Å². The number of hydrogen-bond acceptors (Lipinski definition) is 3. The molecule has 0 saturated heterocycles. The van der Waals surface area contributed by atoms with Gasteiger partial charge in [0.1, 0.15) is 0 Å². The normalized spacial score (nSPS) is 11.6. The first-order valence-corrected chi connectivity index (χ1v) is 16.9. The standard InChI is InChI=1S/C47H29N3/c1-2-13-33(14-3-1)47-49-43-21-11-9-19-39(43)45(50-47)32-25-23-31(24-26-32)40-29-41-44(37-17-7-6-16-36(37)40)38-18-8-10-20-42(38)48-46(41)35-27-22-30-12-4-5-15-34(30)28-35/h1-29H.